The van der Waals surface area contributed by atoms with Crippen LogP contribution in [-0.4, -0.2) is 41.2 Å². The molecule has 2 aromatic rings. The molecule has 1 heterocycles. The number of rotatable bonds is 9. The molecule has 0 fully saturated rings. The number of ether oxygens (including phenoxy) is 1. The minimum Gasteiger partial charge on any atom is -0.476 e. The van der Waals surface area contributed by atoms with Crippen LogP contribution in [0.4, 0.5) is 5.69 Å². The third-order valence-corrected chi connectivity index (χ3v) is 6.53. The fourth-order valence-corrected chi connectivity index (χ4v) is 4.38. The van der Waals surface area contributed by atoms with Gasteiger partial charge in [-0.3, -0.25) is 4.79 Å². The van der Waals surface area contributed by atoms with Gasteiger partial charge in [-0.15, -0.1) is 0 Å². The Morgan fingerprint density at radius 2 is 1.88 bits per heavy atom. The van der Waals surface area contributed by atoms with E-state index in [9.17, 15) is 23.1 Å². The van der Waals surface area contributed by atoms with Crippen LogP contribution in [0.5, 0.6) is 11.6 Å². The number of sulfonamides is 1. The van der Waals surface area contributed by atoms with E-state index in [1.807, 2.05) is 27.7 Å². The number of anilines is 1. The number of carboxylic acid groups (broad SMARTS) is 1. The summed E-state index contributed by atoms with van der Waals surface area (Å²) in [6.07, 6.45) is 0.799. The molecule has 1 atom stereocenters. The molecule has 1 amide bonds. The van der Waals surface area contributed by atoms with Gasteiger partial charge in [-0.05, 0) is 59.2 Å². The van der Waals surface area contributed by atoms with E-state index in [2.05, 4.69) is 15.1 Å². The largest absolute Gasteiger partial charge is 0.476 e. The van der Waals surface area contributed by atoms with Crippen molar-refractivity contribution in [3.8, 4) is 11.6 Å². The molecule has 0 saturated carbocycles. The Balaban J connectivity index is 2.68. The van der Waals surface area contributed by atoms with Crippen LogP contribution in [0.2, 0.25) is 0 Å². The quantitative estimate of drug-likeness (QED) is 0.495. The number of hydrogen-bond donors (Lipinski definition) is 3. The molecule has 1 aromatic carbocycles. The normalized spacial score (nSPS) is 12.9. The first kappa shape index (κ1) is 26.3. The second-order valence-electron chi connectivity index (χ2n) is 8.76. The van der Waals surface area contributed by atoms with Crippen LogP contribution in [0.15, 0.2) is 23.1 Å². The van der Waals surface area contributed by atoms with Crippen molar-refractivity contribution >= 4 is 27.6 Å². The van der Waals surface area contributed by atoms with E-state index in [1.165, 1.54) is 22.9 Å². The Kier molecular flexibility index (Phi) is 7.91. The van der Waals surface area contributed by atoms with Gasteiger partial charge in [0, 0.05) is 23.7 Å². The van der Waals surface area contributed by atoms with Crippen LogP contribution in [0, 0.1) is 6.92 Å². The first-order valence-corrected chi connectivity index (χ1v) is 12.2. The van der Waals surface area contributed by atoms with Gasteiger partial charge in [0.25, 0.3) is 0 Å². The Morgan fingerprint density at radius 1 is 1.24 bits per heavy atom. The molecule has 182 valence electrons. The van der Waals surface area contributed by atoms with E-state index in [0.29, 0.717) is 12.1 Å². The number of carbonyl (C=O) groups is 2. The van der Waals surface area contributed by atoms with Crippen molar-refractivity contribution < 1.29 is 27.9 Å². The fourth-order valence-electron chi connectivity index (χ4n) is 2.90. The SMILES string of the molecule is CCC(=O)Nc1ccc(Oc2c(C)c(C(=O)O)nn2C(C)(C)C)c(S(=O)(=O)NC(C)CC)c1. The number of benzene rings is 1. The summed E-state index contributed by atoms with van der Waals surface area (Å²) < 4.78 is 36.4. The maximum absolute atomic E-state index is 13.2. The maximum Gasteiger partial charge on any atom is 0.356 e. The monoisotopic (exact) mass is 480 g/mol. The van der Waals surface area contributed by atoms with Gasteiger partial charge in [-0.1, -0.05) is 13.8 Å². The minimum absolute atomic E-state index is 0.0225. The molecule has 0 bridgehead atoms. The Bertz CT molecular complexity index is 1150. The van der Waals surface area contributed by atoms with Gasteiger partial charge in [0.05, 0.1) is 5.54 Å². The lowest BCUT2D eigenvalue weighted by Crippen LogP contribution is -2.32. The van der Waals surface area contributed by atoms with Gasteiger partial charge in [0.1, 0.15) is 10.6 Å². The molecule has 0 saturated heterocycles. The Hall–Kier alpha value is -2.92. The first-order valence-electron chi connectivity index (χ1n) is 10.7. The average molecular weight is 481 g/mol. The highest BCUT2D eigenvalue weighted by Crippen LogP contribution is 2.36. The maximum atomic E-state index is 13.2. The standard InChI is InChI=1S/C22H32N4O6S/c1-8-13(3)25-33(30,31)17-12-15(23-18(27)9-2)10-11-16(17)32-20-14(4)19(21(28)29)24-26(20)22(5,6)7/h10-13,25H,8-9H2,1-7H3,(H,23,27)(H,28,29). The molecule has 0 spiro atoms. The Labute approximate surface area is 194 Å². The van der Waals surface area contributed by atoms with Crippen molar-refractivity contribution in [3.63, 3.8) is 0 Å². The third-order valence-electron chi connectivity index (χ3n) is 4.92. The topological polar surface area (TPSA) is 140 Å². The number of nitrogens with one attached hydrogen (secondary N) is 2. The van der Waals surface area contributed by atoms with Crippen LogP contribution >= 0.6 is 0 Å². The molecule has 0 aliphatic rings. The van der Waals surface area contributed by atoms with E-state index in [-0.39, 0.29) is 46.2 Å². The zero-order chi connectivity index (χ0) is 25.1. The van der Waals surface area contributed by atoms with Crippen molar-refractivity contribution in [2.75, 3.05) is 5.32 Å². The second-order valence-corrected chi connectivity index (χ2v) is 10.4. The number of carboxylic acids is 1. The summed E-state index contributed by atoms with van der Waals surface area (Å²) in [5, 5.41) is 16.3. The smallest absolute Gasteiger partial charge is 0.356 e. The van der Waals surface area contributed by atoms with Crippen LogP contribution in [0.1, 0.15) is 70.4 Å². The van der Waals surface area contributed by atoms with Gasteiger partial charge in [-0.25, -0.2) is 22.6 Å². The third kappa shape index (κ3) is 6.11. The molecule has 3 N–H and O–H groups in total. The minimum atomic E-state index is -4.03. The highest BCUT2D eigenvalue weighted by molar-refractivity contribution is 7.89. The van der Waals surface area contributed by atoms with Crippen molar-refractivity contribution in [3.05, 3.63) is 29.5 Å². The van der Waals surface area contributed by atoms with E-state index in [1.54, 1.807) is 20.8 Å². The van der Waals surface area contributed by atoms with E-state index < -0.39 is 21.5 Å². The molecule has 33 heavy (non-hydrogen) atoms. The molecule has 11 heteroatoms. The van der Waals surface area contributed by atoms with Crippen LogP contribution in [0.3, 0.4) is 0 Å². The van der Waals surface area contributed by atoms with E-state index >= 15 is 0 Å². The van der Waals surface area contributed by atoms with Crippen molar-refractivity contribution in [2.45, 2.75) is 77.8 Å². The highest BCUT2D eigenvalue weighted by Gasteiger charge is 2.30. The van der Waals surface area contributed by atoms with Gasteiger partial charge in [-0.2, -0.15) is 5.10 Å². The summed E-state index contributed by atoms with van der Waals surface area (Å²) in [5.41, 5.74) is -0.268. The molecule has 10 nitrogen and oxygen atoms in total. The summed E-state index contributed by atoms with van der Waals surface area (Å²) in [6.45, 7) is 12.3. The number of aromatic nitrogens is 2. The van der Waals surface area contributed by atoms with Crippen molar-refractivity contribution in [1.29, 1.82) is 0 Å². The lowest BCUT2D eigenvalue weighted by molar-refractivity contribution is -0.115. The average Bonchev–Trinajstić information content (AvgIpc) is 3.05. The lowest BCUT2D eigenvalue weighted by Gasteiger charge is -2.23. The lowest BCUT2D eigenvalue weighted by atomic mass is 10.1. The van der Waals surface area contributed by atoms with Crippen LogP contribution < -0.4 is 14.8 Å². The number of carbonyl (C=O) groups excluding carboxylic acids is 1. The van der Waals surface area contributed by atoms with Gasteiger partial charge >= 0.3 is 5.97 Å². The summed E-state index contributed by atoms with van der Waals surface area (Å²) >= 11 is 0. The van der Waals surface area contributed by atoms with Gasteiger partial charge in [0.2, 0.25) is 21.8 Å². The molecule has 1 unspecified atom stereocenters. The summed E-state index contributed by atoms with van der Waals surface area (Å²) in [4.78, 5) is 23.3. The molecule has 2 rings (SSSR count). The van der Waals surface area contributed by atoms with Crippen LogP contribution in [0.25, 0.3) is 0 Å². The molecular formula is C22H32N4O6S. The zero-order valence-electron chi connectivity index (χ0n) is 20.0. The molecule has 0 aliphatic carbocycles. The highest BCUT2D eigenvalue weighted by atomic mass is 32.2. The summed E-state index contributed by atoms with van der Waals surface area (Å²) in [7, 11) is -4.03. The second kappa shape index (κ2) is 9.92. The van der Waals surface area contributed by atoms with Gasteiger partial charge in [0.15, 0.2) is 5.69 Å². The zero-order valence-corrected chi connectivity index (χ0v) is 20.8. The van der Waals surface area contributed by atoms with Crippen LogP contribution in [-0.2, 0) is 20.4 Å². The van der Waals surface area contributed by atoms with E-state index in [4.69, 9.17) is 4.74 Å². The van der Waals surface area contributed by atoms with Gasteiger partial charge < -0.3 is 15.2 Å². The predicted octanol–water partition coefficient (Wildman–Crippen LogP) is 3.86. The van der Waals surface area contributed by atoms with Crippen molar-refractivity contribution in [1.82, 2.24) is 14.5 Å². The number of nitrogens with zero attached hydrogens (tertiary/aromatic N) is 2. The van der Waals surface area contributed by atoms with Crippen molar-refractivity contribution in [2.24, 2.45) is 0 Å². The summed E-state index contributed by atoms with van der Waals surface area (Å²) in [5.74, 6) is -1.39. The molecular weight excluding hydrogens is 448 g/mol. The molecule has 0 radical (unpaired) electrons. The fraction of sp³-hybridized carbons (Fsp3) is 0.500. The number of hydrogen-bond acceptors (Lipinski definition) is 6. The molecule has 1 aromatic heterocycles. The number of amides is 1. The summed E-state index contributed by atoms with van der Waals surface area (Å²) in [6, 6.07) is 3.93. The van der Waals surface area contributed by atoms with E-state index in [0.717, 1.165) is 0 Å². The molecule has 0 aliphatic heterocycles. The number of aromatic carboxylic acids is 1. The first-order chi connectivity index (χ1) is 15.2. The predicted molar refractivity (Wildman–Crippen MR) is 124 cm³/mol. The Morgan fingerprint density at radius 3 is 2.39 bits per heavy atom.